The third-order valence-corrected chi connectivity index (χ3v) is 3.65. The number of hydrogen-bond donors (Lipinski definition) is 1. The number of rotatable bonds is 3. The van der Waals surface area contributed by atoms with Crippen LogP contribution in [0, 0.1) is 11.6 Å². The van der Waals surface area contributed by atoms with E-state index in [1.807, 2.05) is 0 Å². The Morgan fingerprint density at radius 2 is 1.91 bits per heavy atom. The summed E-state index contributed by atoms with van der Waals surface area (Å²) in [5, 5.41) is 9.02. The largest absolute Gasteiger partial charge is 0.479 e. The van der Waals surface area contributed by atoms with E-state index in [1.54, 1.807) is 6.92 Å². The van der Waals surface area contributed by atoms with E-state index in [0.29, 0.717) is 0 Å². The van der Waals surface area contributed by atoms with Crippen LogP contribution in [0.4, 0.5) is 8.78 Å². The first-order chi connectivity index (χ1) is 10.3. The maximum Gasteiger partial charge on any atom is 0.334 e. The number of carboxylic acid groups (broad SMARTS) is 1. The maximum atomic E-state index is 13.8. The molecule has 5 nitrogen and oxygen atoms in total. The van der Waals surface area contributed by atoms with Gasteiger partial charge in [0.2, 0.25) is 5.91 Å². The summed E-state index contributed by atoms with van der Waals surface area (Å²) in [7, 11) is 0. The minimum Gasteiger partial charge on any atom is -0.479 e. The molecular weight excluding hydrogens is 296 g/mol. The summed E-state index contributed by atoms with van der Waals surface area (Å²) in [6.45, 7) is 3.09. The summed E-state index contributed by atoms with van der Waals surface area (Å²) in [6.07, 6.45) is -1.60. The lowest BCUT2D eigenvalue weighted by Crippen LogP contribution is -2.52. The SMILES string of the molecule is CC(C(=O)N1CC(C(=O)O)O[C@H](C)C1)c1c(F)cccc1F. The molecule has 1 fully saturated rings. The molecule has 1 heterocycles. The molecule has 1 aromatic carbocycles. The lowest BCUT2D eigenvalue weighted by atomic mass is 9.97. The molecule has 0 saturated carbocycles. The normalized spacial score (nSPS) is 23.2. The van der Waals surface area contributed by atoms with E-state index in [2.05, 4.69) is 0 Å². The van der Waals surface area contributed by atoms with E-state index >= 15 is 0 Å². The second kappa shape index (κ2) is 6.39. The van der Waals surface area contributed by atoms with E-state index in [9.17, 15) is 18.4 Å². The molecule has 2 unspecified atom stereocenters. The first kappa shape index (κ1) is 16.4. The van der Waals surface area contributed by atoms with Crippen LogP contribution in [0.5, 0.6) is 0 Å². The molecule has 1 aliphatic heterocycles. The fourth-order valence-electron chi connectivity index (χ4n) is 2.59. The number of carbonyl (C=O) groups excluding carboxylic acids is 1. The van der Waals surface area contributed by atoms with Crippen molar-refractivity contribution in [3.63, 3.8) is 0 Å². The van der Waals surface area contributed by atoms with Crippen LogP contribution >= 0.6 is 0 Å². The average molecular weight is 313 g/mol. The van der Waals surface area contributed by atoms with Gasteiger partial charge in [0.25, 0.3) is 0 Å². The number of hydrogen-bond acceptors (Lipinski definition) is 3. The van der Waals surface area contributed by atoms with E-state index in [0.717, 1.165) is 12.1 Å². The van der Waals surface area contributed by atoms with Crippen LogP contribution in [0.25, 0.3) is 0 Å². The Balaban J connectivity index is 2.21. The quantitative estimate of drug-likeness (QED) is 0.923. The Labute approximate surface area is 126 Å². The number of aliphatic carboxylic acids is 1. The van der Waals surface area contributed by atoms with Crippen molar-refractivity contribution in [3.8, 4) is 0 Å². The number of carboxylic acids is 1. The molecule has 22 heavy (non-hydrogen) atoms. The summed E-state index contributed by atoms with van der Waals surface area (Å²) in [5.74, 6) is -4.32. The number of morpholine rings is 1. The van der Waals surface area contributed by atoms with Gasteiger partial charge in [0.05, 0.1) is 18.6 Å². The van der Waals surface area contributed by atoms with Gasteiger partial charge >= 0.3 is 5.97 Å². The van der Waals surface area contributed by atoms with Crippen molar-refractivity contribution < 1.29 is 28.2 Å². The van der Waals surface area contributed by atoms with E-state index in [1.165, 1.54) is 17.9 Å². The Bertz CT molecular complexity index is 573. The molecule has 0 aromatic heterocycles. The minimum atomic E-state index is -1.17. The molecule has 1 aliphatic rings. The van der Waals surface area contributed by atoms with Crippen LogP contribution in [0.1, 0.15) is 25.3 Å². The molecule has 7 heteroatoms. The number of benzene rings is 1. The first-order valence-corrected chi connectivity index (χ1v) is 6.92. The number of carbonyl (C=O) groups is 2. The summed E-state index contributed by atoms with van der Waals surface area (Å²) in [6, 6.07) is 3.40. The van der Waals surface area contributed by atoms with Gasteiger partial charge in [0.15, 0.2) is 6.10 Å². The first-order valence-electron chi connectivity index (χ1n) is 6.92. The van der Waals surface area contributed by atoms with Gasteiger partial charge in [-0.15, -0.1) is 0 Å². The van der Waals surface area contributed by atoms with Crippen LogP contribution in [0.15, 0.2) is 18.2 Å². The van der Waals surface area contributed by atoms with Gasteiger partial charge in [-0.05, 0) is 26.0 Å². The van der Waals surface area contributed by atoms with Gasteiger partial charge in [-0.25, -0.2) is 13.6 Å². The van der Waals surface area contributed by atoms with Crippen LogP contribution in [-0.2, 0) is 14.3 Å². The third kappa shape index (κ3) is 3.24. The van der Waals surface area contributed by atoms with Gasteiger partial charge in [-0.2, -0.15) is 0 Å². The lowest BCUT2D eigenvalue weighted by molar-refractivity contribution is -0.167. The number of nitrogens with zero attached hydrogens (tertiary/aromatic N) is 1. The highest BCUT2D eigenvalue weighted by Gasteiger charge is 2.35. The Hall–Kier alpha value is -2.02. The smallest absolute Gasteiger partial charge is 0.334 e. The van der Waals surface area contributed by atoms with Gasteiger partial charge in [-0.1, -0.05) is 6.07 Å². The monoisotopic (exact) mass is 313 g/mol. The number of ether oxygens (including phenoxy) is 1. The maximum absolute atomic E-state index is 13.8. The van der Waals surface area contributed by atoms with Crippen LogP contribution in [0.2, 0.25) is 0 Å². The second-order valence-electron chi connectivity index (χ2n) is 5.37. The van der Waals surface area contributed by atoms with Crippen LogP contribution in [0.3, 0.4) is 0 Å². The molecule has 0 spiro atoms. The van der Waals surface area contributed by atoms with Crippen molar-refractivity contribution >= 4 is 11.9 Å². The zero-order chi connectivity index (χ0) is 16.4. The van der Waals surface area contributed by atoms with Gasteiger partial charge in [-0.3, -0.25) is 4.79 Å². The summed E-state index contributed by atoms with van der Waals surface area (Å²) >= 11 is 0. The summed E-state index contributed by atoms with van der Waals surface area (Å²) in [5.41, 5.74) is -0.307. The summed E-state index contributed by atoms with van der Waals surface area (Å²) in [4.78, 5) is 24.8. The van der Waals surface area contributed by atoms with Crippen molar-refractivity contribution in [1.29, 1.82) is 0 Å². The average Bonchev–Trinajstić information content (AvgIpc) is 2.45. The molecule has 1 amide bonds. The topological polar surface area (TPSA) is 66.8 Å². The van der Waals surface area contributed by atoms with Gasteiger partial charge in [0, 0.05) is 12.1 Å². The lowest BCUT2D eigenvalue weighted by Gasteiger charge is -2.36. The predicted molar refractivity (Wildman–Crippen MR) is 73.3 cm³/mol. The van der Waals surface area contributed by atoms with Crippen molar-refractivity contribution in [1.82, 2.24) is 4.90 Å². The molecule has 2 rings (SSSR count). The Morgan fingerprint density at radius 3 is 2.45 bits per heavy atom. The molecule has 1 saturated heterocycles. The van der Waals surface area contributed by atoms with E-state index in [4.69, 9.17) is 9.84 Å². The Morgan fingerprint density at radius 1 is 1.32 bits per heavy atom. The van der Waals surface area contributed by atoms with Crippen molar-refractivity contribution in [3.05, 3.63) is 35.4 Å². The van der Waals surface area contributed by atoms with E-state index in [-0.39, 0.29) is 18.7 Å². The molecule has 0 aliphatic carbocycles. The number of amides is 1. The van der Waals surface area contributed by atoms with Gasteiger partial charge < -0.3 is 14.7 Å². The highest BCUT2D eigenvalue weighted by molar-refractivity contribution is 5.84. The molecule has 3 atom stereocenters. The number of halogens is 2. The van der Waals surface area contributed by atoms with Crippen LogP contribution in [-0.4, -0.2) is 47.2 Å². The molecule has 1 aromatic rings. The Kier molecular flexibility index (Phi) is 4.75. The zero-order valence-electron chi connectivity index (χ0n) is 12.3. The third-order valence-electron chi connectivity index (χ3n) is 3.65. The minimum absolute atomic E-state index is 0.140. The van der Waals surface area contributed by atoms with Crippen molar-refractivity contribution in [2.45, 2.75) is 32.0 Å². The molecule has 1 N–H and O–H groups in total. The fraction of sp³-hybridized carbons (Fsp3) is 0.467. The predicted octanol–water partition coefficient (Wildman–Crippen LogP) is 1.77. The zero-order valence-corrected chi connectivity index (χ0v) is 12.3. The van der Waals surface area contributed by atoms with Crippen molar-refractivity contribution in [2.75, 3.05) is 13.1 Å². The molecular formula is C15H17F2NO4. The molecule has 120 valence electrons. The summed E-state index contributed by atoms with van der Waals surface area (Å²) < 4.78 is 32.8. The highest BCUT2D eigenvalue weighted by Crippen LogP contribution is 2.25. The van der Waals surface area contributed by atoms with Crippen LogP contribution < -0.4 is 0 Å². The molecule has 0 radical (unpaired) electrons. The standard InChI is InChI=1S/C15H17F2NO4/c1-8-6-18(7-12(22-8)15(20)21)14(19)9(2)13-10(16)4-3-5-11(13)17/h3-5,8-9,12H,6-7H2,1-2H3,(H,20,21)/t8-,9?,12?/m1/s1. The van der Waals surface area contributed by atoms with E-state index < -0.39 is 41.6 Å². The fourth-order valence-corrected chi connectivity index (χ4v) is 2.59. The highest BCUT2D eigenvalue weighted by atomic mass is 19.1. The second-order valence-corrected chi connectivity index (χ2v) is 5.37. The molecule has 0 bridgehead atoms. The van der Waals surface area contributed by atoms with Gasteiger partial charge in [0.1, 0.15) is 11.6 Å². The van der Waals surface area contributed by atoms with Crippen molar-refractivity contribution in [2.24, 2.45) is 0 Å².